The molecule has 5 heteroatoms. The van der Waals surface area contributed by atoms with Crippen molar-refractivity contribution in [2.45, 2.75) is 25.5 Å². The van der Waals surface area contributed by atoms with E-state index >= 15 is 0 Å². The average Bonchev–Trinajstić information content (AvgIpc) is 3.11. The number of carbonyl (C=O) groups is 3. The number of rotatable bonds is 5. The second kappa shape index (κ2) is 8.29. The van der Waals surface area contributed by atoms with E-state index in [-0.39, 0.29) is 11.5 Å². The molecular formula is C30H25NO4. The number of Topliss-reactive ketones (excluding diaryl/α,β-unsaturated/α-hetero) is 2. The van der Waals surface area contributed by atoms with E-state index in [4.69, 9.17) is 0 Å². The Balaban J connectivity index is 1.88. The third-order valence-electron chi connectivity index (χ3n) is 7.24. The molecule has 3 aromatic carbocycles. The fourth-order valence-electron chi connectivity index (χ4n) is 5.74. The van der Waals surface area contributed by atoms with Crippen LogP contribution in [-0.2, 0) is 15.2 Å². The molecule has 35 heavy (non-hydrogen) atoms. The monoisotopic (exact) mass is 463 g/mol. The summed E-state index contributed by atoms with van der Waals surface area (Å²) in [5.74, 6) is -1.26. The molecule has 1 N–H and O–H groups in total. The molecule has 2 aliphatic rings. The van der Waals surface area contributed by atoms with E-state index in [0.29, 0.717) is 11.1 Å². The molecule has 0 radical (unpaired) electrons. The molecule has 2 heterocycles. The van der Waals surface area contributed by atoms with Gasteiger partial charge in [0.2, 0.25) is 0 Å². The van der Waals surface area contributed by atoms with Gasteiger partial charge in [-0.1, -0.05) is 84.9 Å². The van der Waals surface area contributed by atoms with Gasteiger partial charge in [-0.25, -0.2) is 0 Å². The number of hydrogen-bond acceptors (Lipinski definition) is 5. The molecule has 3 aromatic rings. The van der Waals surface area contributed by atoms with Crippen molar-refractivity contribution in [1.82, 2.24) is 4.90 Å². The van der Waals surface area contributed by atoms with Gasteiger partial charge in [-0.3, -0.25) is 14.4 Å². The zero-order chi connectivity index (χ0) is 24.8. The minimum atomic E-state index is -2.08. The van der Waals surface area contributed by atoms with E-state index in [1.807, 2.05) is 36.4 Å². The summed E-state index contributed by atoms with van der Waals surface area (Å²) in [6, 6.07) is 24.1. The van der Waals surface area contributed by atoms with Gasteiger partial charge in [0, 0.05) is 17.8 Å². The summed E-state index contributed by atoms with van der Waals surface area (Å²) in [4.78, 5) is 42.3. The highest BCUT2D eigenvalue weighted by atomic mass is 16.3. The maximum Gasteiger partial charge on any atom is 0.187 e. The lowest BCUT2D eigenvalue weighted by molar-refractivity contribution is -0.155. The quantitative estimate of drug-likeness (QED) is 0.333. The summed E-state index contributed by atoms with van der Waals surface area (Å²) in [6.07, 6.45) is 4.98. The van der Waals surface area contributed by atoms with E-state index in [2.05, 4.69) is 0 Å². The number of fused-ring (bicyclic) bond motifs is 3. The van der Waals surface area contributed by atoms with Crippen LogP contribution >= 0.6 is 0 Å². The standard InChI is InChI=1S/C30H25NO4/c1-20(32)29(21(2)33)28-25-16-10-9-11-22(25)17-18-31(28)27(19-26(34)23-12-5-3-6-13-23)30(29,35)24-14-7-4-8-15-24/h3-19,28,35H,1-2H3/b27-19-/t28-,30-/m0/s1. The predicted octanol–water partition coefficient (Wildman–Crippen LogP) is 4.85. The number of nitrogens with zero attached hydrogens (tertiary/aromatic N) is 1. The molecule has 0 aliphatic carbocycles. The third kappa shape index (κ3) is 3.08. The van der Waals surface area contributed by atoms with Crippen molar-refractivity contribution in [2.24, 2.45) is 5.41 Å². The Bertz CT molecular complexity index is 1380. The molecule has 5 nitrogen and oxygen atoms in total. The highest BCUT2D eigenvalue weighted by Crippen LogP contribution is 2.64. The first-order valence-electron chi connectivity index (χ1n) is 11.5. The molecule has 5 rings (SSSR count). The highest BCUT2D eigenvalue weighted by Gasteiger charge is 2.72. The van der Waals surface area contributed by atoms with Crippen LogP contribution < -0.4 is 0 Å². The molecule has 0 aromatic heterocycles. The Labute approximate surface area is 204 Å². The normalized spacial score (nSPS) is 23.0. The van der Waals surface area contributed by atoms with Crippen LogP contribution in [0.1, 0.15) is 46.9 Å². The van der Waals surface area contributed by atoms with E-state index in [9.17, 15) is 19.5 Å². The van der Waals surface area contributed by atoms with E-state index < -0.39 is 28.6 Å². The van der Waals surface area contributed by atoms with Crippen LogP contribution in [0.3, 0.4) is 0 Å². The molecule has 0 bridgehead atoms. The van der Waals surface area contributed by atoms with Gasteiger partial charge in [-0.05, 0) is 36.6 Å². The largest absolute Gasteiger partial charge is 0.377 e. The lowest BCUT2D eigenvalue weighted by Crippen LogP contribution is -2.54. The fraction of sp³-hybridized carbons (Fsp3) is 0.167. The molecule has 0 spiro atoms. The zero-order valence-corrected chi connectivity index (χ0v) is 19.5. The molecule has 2 aliphatic heterocycles. The lowest BCUT2D eigenvalue weighted by Gasteiger charge is -2.41. The maximum absolute atomic E-state index is 13.6. The number of carbonyl (C=O) groups excluding carboxylic acids is 3. The third-order valence-corrected chi connectivity index (χ3v) is 7.24. The Morgan fingerprint density at radius 1 is 0.829 bits per heavy atom. The first-order valence-corrected chi connectivity index (χ1v) is 11.5. The van der Waals surface area contributed by atoms with E-state index in [1.54, 1.807) is 65.7 Å². The van der Waals surface area contributed by atoms with Gasteiger partial charge in [0.15, 0.2) is 11.4 Å². The van der Waals surface area contributed by atoms with Crippen molar-refractivity contribution in [3.05, 3.63) is 125 Å². The summed E-state index contributed by atoms with van der Waals surface area (Å²) in [6.45, 7) is 2.69. The smallest absolute Gasteiger partial charge is 0.187 e. The number of benzene rings is 3. The average molecular weight is 464 g/mol. The number of aliphatic hydroxyl groups is 1. The zero-order valence-electron chi connectivity index (χ0n) is 19.5. The Morgan fingerprint density at radius 2 is 1.40 bits per heavy atom. The molecule has 174 valence electrons. The molecule has 1 fully saturated rings. The molecule has 0 amide bonds. The first-order chi connectivity index (χ1) is 16.8. The van der Waals surface area contributed by atoms with Gasteiger partial charge >= 0.3 is 0 Å². The van der Waals surface area contributed by atoms with Crippen LogP contribution in [0.25, 0.3) is 6.08 Å². The lowest BCUT2D eigenvalue weighted by atomic mass is 9.60. The molecular weight excluding hydrogens is 438 g/mol. The van der Waals surface area contributed by atoms with Crippen molar-refractivity contribution in [1.29, 1.82) is 0 Å². The molecule has 1 saturated heterocycles. The summed E-state index contributed by atoms with van der Waals surface area (Å²) in [7, 11) is 0. The Kier molecular flexibility index (Phi) is 5.37. The summed E-state index contributed by atoms with van der Waals surface area (Å²) in [5, 5.41) is 12.7. The molecule has 0 saturated carbocycles. The second-order valence-electron chi connectivity index (χ2n) is 9.01. The van der Waals surface area contributed by atoms with E-state index in [0.717, 1.165) is 11.1 Å². The summed E-state index contributed by atoms with van der Waals surface area (Å²) >= 11 is 0. The van der Waals surface area contributed by atoms with Gasteiger partial charge < -0.3 is 10.0 Å². The van der Waals surface area contributed by atoms with Gasteiger partial charge in [-0.15, -0.1) is 0 Å². The Hall–Kier alpha value is -4.09. The van der Waals surface area contributed by atoms with Crippen molar-refractivity contribution >= 4 is 23.4 Å². The number of ketones is 3. The number of hydrogen-bond donors (Lipinski definition) is 1. The van der Waals surface area contributed by atoms with Crippen molar-refractivity contribution < 1.29 is 19.5 Å². The summed E-state index contributed by atoms with van der Waals surface area (Å²) < 4.78 is 0. The second-order valence-corrected chi connectivity index (χ2v) is 9.01. The van der Waals surface area contributed by atoms with Crippen LogP contribution in [-0.4, -0.2) is 27.4 Å². The first kappa shape index (κ1) is 22.7. The topological polar surface area (TPSA) is 74.7 Å². The van der Waals surface area contributed by atoms with Crippen molar-refractivity contribution in [3.8, 4) is 0 Å². The molecule has 2 atom stereocenters. The minimum absolute atomic E-state index is 0.193. The SMILES string of the molecule is CC(=O)C1(C(C)=O)[C@@H]2c3ccccc3C=CN2/C(=C\C(=O)c2ccccc2)[C@@]1(O)c1ccccc1. The van der Waals surface area contributed by atoms with Gasteiger partial charge in [0.1, 0.15) is 17.0 Å². The fourth-order valence-corrected chi connectivity index (χ4v) is 5.74. The van der Waals surface area contributed by atoms with Crippen LogP contribution in [0.4, 0.5) is 0 Å². The molecule has 0 unspecified atom stereocenters. The minimum Gasteiger partial charge on any atom is -0.377 e. The number of allylic oxidation sites excluding steroid dienone is 1. The van der Waals surface area contributed by atoms with Gasteiger partial charge in [0.05, 0.1) is 11.7 Å². The van der Waals surface area contributed by atoms with Gasteiger partial charge in [0.25, 0.3) is 0 Å². The predicted molar refractivity (Wildman–Crippen MR) is 133 cm³/mol. The van der Waals surface area contributed by atoms with Crippen LogP contribution in [0.15, 0.2) is 103 Å². The van der Waals surface area contributed by atoms with Crippen LogP contribution in [0.2, 0.25) is 0 Å². The Morgan fingerprint density at radius 3 is 2.03 bits per heavy atom. The van der Waals surface area contributed by atoms with Crippen LogP contribution in [0.5, 0.6) is 0 Å². The maximum atomic E-state index is 13.6. The van der Waals surface area contributed by atoms with Crippen LogP contribution in [0, 0.1) is 5.41 Å². The van der Waals surface area contributed by atoms with E-state index in [1.165, 1.54) is 19.9 Å². The van der Waals surface area contributed by atoms with Crippen molar-refractivity contribution in [3.63, 3.8) is 0 Å². The van der Waals surface area contributed by atoms with Gasteiger partial charge in [-0.2, -0.15) is 0 Å². The van der Waals surface area contributed by atoms with Crippen molar-refractivity contribution in [2.75, 3.05) is 0 Å². The highest BCUT2D eigenvalue weighted by molar-refractivity contribution is 6.10. The summed E-state index contributed by atoms with van der Waals surface area (Å²) in [5.41, 5.74) is -1.36.